The van der Waals surface area contributed by atoms with Gasteiger partial charge < -0.3 is 20.6 Å². The molecule has 1 aromatic carbocycles. The summed E-state index contributed by atoms with van der Waals surface area (Å²) < 4.78 is 0. The fourth-order valence-electron chi connectivity index (χ4n) is 1.26. The number of hydrogen-bond acceptors (Lipinski definition) is 4. The van der Waals surface area contributed by atoms with Crippen molar-refractivity contribution in [2.75, 3.05) is 0 Å². The summed E-state index contributed by atoms with van der Waals surface area (Å²) in [6.45, 7) is 6.72. The molecule has 16 heavy (non-hydrogen) atoms. The number of aromatic hydroxyl groups is 3. The molecule has 1 unspecified atom stereocenters. The summed E-state index contributed by atoms with van der Waals surface area (Å²) in [5.41, 5.74) is 0.572. The summed E-state index contributed by atoms with van der Waals surface area (Å²) in [7, 11) is 0. The molecule has 0 aliphatic rings. The molecule has 0 bridgehead atoms. The van der Waals surface area contributed by atoms with Gasteiger partial charge in [0.15, 0.2) is 11.5 Å². The van der Waals surface area contributed by atoms with E-state index in [4.69, 9.17) is 5.11 Å². The van der Waals surface area contributed by atoms with E-state index in [1.165, 1.54) is 6.07 Å². The van der Waals surface area contributed by atoms with Gasteiger partial charge in [-0.05, 0) is 18.9 Å². The number of rotatable bonds is 4. The molecule has 0 radical (unpaired) electrons. The van der Waals surface area contributed by atoms with Crippen LogP contribution in [0, 0.1) is 5.92 Å². The Balaban J connectivity index is 2.72. The van der Waals surface area contributed by atoms with Crippen molar-refractivity contribution in [3.8, 4) is 17.2 Å². The maximum atomic E-state index is 9.58. The molecule has 0 fully saturated rings. The summed E-state index contributed by atoms with van der Waals surface area (Å²) in [6.07, 6.45) is 0. The van der Waals surface area contributed by atoms with Crippen LogP contribution < -0.4 is 5.32 Å². The molecule has 1 rings (SSSR count). The van der Waals surface area contributed by atoms with Gasteiger partial charge in [-0.15, -0.1) is 0 Å². The van der Waals surface area contributed by atoms with Crippen molar-refractivity contribution in [1.29, 1.82) is 0 Å². The number of benzene rings is 1. The molecule has 0 aliphatic heterocycles. The van der Waals surface area contributed by atoms with Crippen LogP contribution in [0.4, 0.5) is 0 Å². The molecule has 0 aliphatic carbocycles. The lowest BCUT2D eigenvalue weighted by molar-refractivity contribution is 0.361. The van der Waals surface area contributed by atoms with Crippen LogP contribution in [0.15, 0.2) is 12.1 Å². The molecule has 0 aromatic heterocycles. The van der Waals surface area contributed by atoms with Crippen LogP contribution in [-0.2, 0) is 6.54 Å². The first-order valence-electron chi connectivity index (χ1n) is 5.39. The molecule has 0 saturated carbocycles. The molecule has 90 valence electrons. The maximum absolute atomic E-state index is 9.58. The van der Waals surface area contributed by atoms with Crippen molar-refractivity contribution in [1.82, 2.24) is 5.32 Å². The van der Waals surface area contributed by atoms with Gasteiger partial charge in [-0.3, -0.25) is 0 Å². The predicted octanol–water partition coefficient (Wildman–Crippen LogP) is 1.94. The van der Waals surface area contributed by atoms with Crippen molar-refractivity contribution in [2.24, 2.45) is 5.92 Å². The summed E-state index contributed by atoms with van der Waals surface area (Å²) in [5.74, 6) is -0.536. The van der Waals surface area contributed by atoms with Gasteiger partial charge in [0.25, 0.3) is 0 Å². The average Bonchev–Trinajstić information content (AvgIpc) is 2.24. The second-order valence-corrected chi connectivity index (χ2v) is 4.35. The maximum Gasteiger partial charge on any atom is 0.200 e. The van der Waals surface area contributed by atoms with Gasteiger partial charge in [-0.1, -0.05) is 19.9 Å². The molecule has 0 spiro atoms. The van der Waals surface area contributed by atoms with E-state index in [1.54, 1.807) is 6.07 Å². The van der Waals surface area contributed by atoms with Gasteiger partial charge in [0.1, 0.15) is 0 Å². The lowest BCUT2D eigenvalue weighted by Gasteiger charge is -2.18. The summed E-state index contributed by atoms with van der Waals surface area (Å²) in [6, 6.07) is 3.27. The Morgan fingerprint density at radius 3 is 2.25 bits per heavy atom. The third kappa shape index (κ3) is 2.79. The Morgan fingerprint density at radius 1 is 1.06 bits per heavy atom. The number of hydrogen-bond donors (Lipinski definition) is 4. The topological polar surface area (TPSA) is 72.7 Å². The molecule has 1 atom stereocenters. The smallest absolute Gasteiger partial charge is 0.200 e. The minimum Gasteiger partial charge on any atom is -0.504 e. The normalized spacial score (nSPS) is 13.0. The van der Waals surface area contributed by atoms with Gasteiger partial charge in [-0.25, -0.2) is 0 Å². The minimum absolute atomic E-state index is 0.261. The largest absolute Gasteiger partial charge is 0.504 e. The van der Waals surface area contributed by atoms with Crippen LogP contribution in [0.2, 0.25) is 0 Å². The third-order valence-electron chi connectivity index (χ3n) is 2.83. The van der Waals surface area contributed by atoms with Crippen molar-refractivity contribution in [3.05, 3.63) is 17.7 Å². The molecular formula is C12H19NO3. The van der Waals surface area contributed by atoms with E-state index < -0.39 is 5.75 Å². The van der Waals surface area contributed by atoms with Crippen molar-refractivity contribution in [2.45, 2.75) is 33.4 Å². The van der Waals surface area contributed by atoms with E-state index >= 15 is 0 Å². The van der Waals surface area contributed by atoms with Gasteiger partial charge in [0, 0.05) is 18.2 Å². The van der Waals surface area contributed by atoms with Gasteiger partial charge in [-0.2, -0.15) is 0 Å². The van der Waals surface area contributed by atoms with E-state index in [2.05, 4.69) is 26.1 Å². The standard InChI is InChI=1S/C12H19NO3/c1-7(2)8(3)13-6-9-4-5-10(14)12(16)11(9)15/h4-5,7-8,13-16H,6H2,1-3H3. The van der Waals surface area contributed by atoms with E-state index in [1.807, 2.05) is 0 Å². The summed E-state index contributed by atoms with van der Waals surface area (Å²) in [4.78, 5) is 0. The first kappa shape index (κ1) is 12.6. The first-order chi connectivity index (χ1) is 7.43. The Labute approximate surface area is 95.6 Å². The lowest BCUT2D eigenvalue weighted by Crippen LogP contribution is -2.30. The van der Waals surface area contributed by atoms with E-state index in [0.29, 0.717) is 24.1 Å². The molecule has 4 N–H and O–H groups in total. The van der Waals surface area contributed by atoms with E-state index in [-0.39, 0.29) is 11.5 Å². The zero-order valence-corrected chi connectivity index (χ0v) is 9.86. The number of phenols is 3. The molecule has 0 amide bonds. The first-order valence-corrected chi connectivity index (χ1v) is 5.39. The van der Waals surface area contributed by atoms with E-state index in [9.17, 15) is 10.2 Å². The Hall–Kier alpha value is -1.42. The second kappa shape index (κ2) is 5.07. The highest BCUT2D eigenvalue weighted by Gasteiger charge is 2.12. The van der Waals surface area contributed by atoms with Gasteiger partial charge in [0.05, 0.1) is 0 Å². The van der Waals surface area contributed by atoms with Crippen molar-refractivity contribution >= 4 is 0 Å². The van der Waals surface area contributed by atoms with Crippen LogP contribution >= 0.6 is 0 Å². The molecule has 4 heteroatoms. The Bertz CT molecular complexity index is 364. The highest BCUT2D eigenvalue weighted by Crippen LogP contribution is 2.36. The zero-order chi connectivity index (χ0) is 12.3. The molecule has 0 saturated heterocycles. The highest BCUT2D eigenvalue weighted by molar-refractivity contribution is 5.52. The number of nitrogens with one attached hydrogen (secondary N) is 1. The molecular weight excluding hydrogens is 206 g/mol. The number of phenolic OH excluding ortho intramolecular Hbond substituents is 3. The lowest BCUT2D eigenvalue weighted by atomic mass is 10.1. The summed E-state index contributed by atoms with van der Waals surface area (Å²) >= 11 is 0. The van der Waals surface area contributed by atoms with Crippen LogP contribution in [0.1, 0.15) is 26.3 Å². The Kier molecular flexibility index (Phi) is 4.01. The van der Waals surface area contributed by atoms with Gasteiger partial charge >= 0.3 is 0 Å². The van der Waals surface area contributed by atoms with Gasteiger partial charge in [0.2, 0.25) is 5.75 Å². The average molecular weight is 225 g/mol. The molecule has 4 nitrogen and oxygen atoms in total. The summed E-state index contributed by atoms with van der Waals surface area (Å²) in [5, 5.41) is 31.3. The third-order valence-corrected chi connectivity index (χ3v) is 2.83. The monoisotopic (exact) mass is 225 g/mol. The fourth-order valence-corrected chi connectivity index (χ4v) is 1.26. The quantitative estimate of drug-likeness (QED) is 0.591. The van der Waals surface area contributed by atoms with Crippen LogP contribution in [0.3, 0.4) is 0 Å². The van der Waals surface area contributed by atoms with Crippen molar-refractivity contribution < 1.29 is 15.3 Å². The highest BCUT2D eigenvalue weighted by atomic mass is 16.3. The van der Waals surface area contributed by atoms with Crippen LogP contribution in [0.5, 0.6) is 17.2 Å². The minimum atomic E-state index is -0.462. The van der Waals surface area contributed by atoms with Crippen molar-refractivity contribution in [3.63, 3.8) is 0 Å². The Morgan fingerprint density at radius 2 is 1.69 bits per heavy atom. The zero-order valence-electron chi connectivity index (χ0n) is 9.86. The van der Waals surface area contributed by atoms with Crippen LogP contribution in [-0.4, -0.2) is 21.4 Å². The van der Waals surface area contributed by atoms with Crippen LogP contribution in [0.25, 0.3) is 0 Å². The molecule has 1 aromatic rings. The SMILES string of the molecule is CC(C)C(C)NCc1ccc(O)c(O)c1O. The molecule has 0 heterocycles. The fraction of sp³-hybridized carbons (Fsp3) is 0.500. The van der Waals surface area contributed by atoms with E-state index in [0.717, 1.165) is 0 Å². The predicted molar refractivity (Wildman–Crippen MR) is 62.6 cm³/mol. The second-order valence-electron chi connectivity index (χ2n) is 4.35.